The van der Waals surface area contributed by atoms with Crippen LogP contribution in [0.3, 0.4) is 0 Å². The highest BCUT2D eigenvalue weighted by Gasteiger charge is 2.22. The summed E-state index contributed by atoms with van der Waals surface area (Å²) in [5, 5.41) is 3.13. The van der Waals surface area contributed by atoms with Gasteiger partial charge >= 0.3 is 0 Å². The zero-order chi connectivity index (χ0) is 14.0. The van der Waals surface area contributed by atoms with Crippen molar-refractivity contribution in [1.29, 1.82) is 0 Å². The van der Waals surface area contributed by atoms with Gasteiger partial charge in [-0.1, -0.05) is 45.2 Å². The molecule has 102 valence electrons. The first-order valence-electron chi connectivity index (χ1n) is 5.37. The van der Waals surface area contributed by atoms with Crippen LogP contribution in [0.2, 0.25) is 10.0 Å². The molecule has 0 saturated carbocycles. The van der Waals surface area contributed by atoms with Crippen LogP contribution >= 0.6 is 50.5 Å². The van der Waals surface area contributed by atoms with Gasteiger partial charge in [0.2, 0.25) is 0 Å². The van der Waals surface area contributed by atoms with E-state index >= 15 is 0 Å². The van der Waals surface area contributed by atoms with E-state index in [2.05, 4.69) is 15.9 Å². The molecular weight excluding hydrogens is 371 g/mol. The van der Waals surface area contributed by atoms with E-state index in [1.807, 2.05) is 23.6 Å². The second-order valence-electron chi connectivity index (χ2n) is 3.70. The lowest BCUT2D eigenvalue weighted by molar-refractivity contribution is 0.392. The van der Waals surface area contributed by atoms with Gasteiger partial charge in [0, 0.05) is 10.4 Å². The van der Waals surface area contributed by atoms with Crippen molar-refractivity contribution in [1.82, 2.24) is 0 Å². The Morgan fingerprint density at radius 3 is 2.42 bits per heavy atom. The molecule has 0 aliphatic heterocycles. The van der Waals surface area contributed by atoms with Gasteiger partial charge in [-0.05, 0) is 17.5 Å². The van der Waals surface area contributed by atoms with Gasteiger partial charge in [-0.15, -0.1) is 11.3 Å². The fourth-order valence-corrected chi connectivity index (χ4v) is 4.29. The zero-order valence-corrected chi connectivity index (χ0v) is 14.2. The highest BCUT2D eigenvalue weighted by atomic mass is 79.9. The van der Waals surface area contributed by atoms with Crippen LogP contribution in [0.25, 0.3) is 0 Å². The fourth-order valence-electron chi connectivity index (χ4n) is 1.75. The summed E-state index contributed by atoms with van der Waals surface area (Å²) in [6.07, 6.45) is 0. The zero-order valence-electron chi connectivity index (χ0n) is 10.2. The lowest BCUT2D eigenvalue weighted by atomic mass is 10.1. The Morgan fingerprint density at radius 1 is 1.16 bits per heavy atom. The van der Waals surface area contributed by atoms with Crippen LogP contribution in [-0.2, 0) is 0 Å². The molecule has 2 rings (SSSR count). The maximum absolute atomic E-state index is 6.26. The second-order valence-corrected chi connectivity index (χ2v) is 6.35. The minimum atomic E-state index is -0.0710. The molecule has 2 aromatic rings. The van der Waals surface area contributed by atoms with Crippen molar-refractivity contribution in [3.63, 3.8) is 0 Å². The lowest BCUT2D eigenvalue weighted by Gasteiger charge is -2.16. The van der Waals surface area contributed by atoms with Crippen LogP contribution in [0.4, 0.5) is 0 Å². The van der Waals surface area contributed by atoms with Crippen molar-refractivity contribution >= 4 is 50.5 Å². The molecule has 6 heteroatoms. The first-order valence-corrected chi connectivity index (χ1v) is 7.92. The topological polar surface area (TPSA) is 18.5 Å². The molecule has 2 nitrogen and oxygen atoms in total. The lowest BCUT2D eigenvalue weighted by Crippen LogP contribution is -1.98. The molecule has 1 aromatic heterocycles. The third kappa shape index (κ3) is 2.87. The van der Waals surface area contributed by atoms with E-state index in [1.165, 1.54) is 0 Å². The summed E-state index contributed by atoms with van der Waals surface area (Å²) >= 11 is 17.6. The minimum Gasteiger partial charge on any atom is -0.495 e. The molecule has 0 radical (unpaired) electrons. The molecule has 1 aromatic carbocycles. The van der Waals surface area contributed by atoms with Crippen molar-refractivity contribution in [2.24, 2.45) is 0 Å². The standard InChI is InChI=1S/C13H11BrCl2O2S/c1-17-9-4-3-7(12(18-2)11(9)16)10(14)13-8(15)5-6-19-13/h3-6,10H,1-2H3. The summed E-state index contributed by atoms with van der Waals surface area (Å²) < 4.78 is 10.6. The second kappa shape index (κ2) is 6.35. The first-order chi connectivity index (χ1) is 9.10. The highest BCUT2D eigenvalue weighted by Crippen LogP contribution is 2.46. The summed E-state index contributed by atoms with van der Waals surface area (Å²) in [5.74, 6) is 1.17. The summed E-state index contributed by atoms with van der Waals surface area (Å²) in [4.78, 5) is 0.944. The van der Waals surface area contributed by atoms with E-state index in [0.717, 1.165) is 15.5 Å². The molecule has 0 fully saturated rings. The van der Waals surface area contributed by atoms with Gasteiger partial charge in [-0.25, -0.2) is 0 Å². The van der Waals surface area contributed by atoms with Crippen LogP contribution < -0.4 is 9.47 Å². The number of hydrogen-bond acceptors (Lipinski definition) is 3. The maximum atomic E-state index is 6.26. The Hall–Kier alpha value is -0.420. The number of halogens is 3. The van der Waals surface area contributed by atoms with Crippen molar-refractivity contribution in [2.75, 3.05) is 14.2 Å². The Morgan fingerprint density at radius 2 is 1.89 bits per heavy atom. The summed E-state index contributed by atoms with van der Waals surface area (Å²) in [6, 6.07) is 5.60. The predicted molar refractivity (Wildman–Crippen MR) is 84.7 cm³/mol. The SMILES string of the molecule is COc1ccc(C(Br)c2sccc2Cl)c(OC)c1Cl. The van der Waals surface area contributed by atoms with Crippen molar-refractivity contribution in [3.8, 4) is 11.5 Å². The normalized spacial score (nSPS) is 12.3. The number of ether oxygens (including phenoxy) is 2. The van der Waals surface area contributed by atoms with Crippen LogP contribution in [-0.4, -0.2) is 14.2 Å². The van der Waals surface area contributed by atoms with Gasteiger partial charge in [-0.3, -0.25) is 0 Å². The van der Waals surface area contributed by atoms with Crippen molar-refractivity contribution in [2.45, 2.75) is 4.83 Å². The van der Waals surface area contributed by atoms with Gasteiger partial charge in [0.25, 0.3) is 0 Å². The number of methoxy groups -OCH3 is 2. The number of benzene rings is 1. The van der Waals surface area contributed by atoms with E-state index in [-0.39, 0.29) is 4.83 Å². The smallest absolute Gasteiger partial charge is 0.145 e. The largest absolute Gasteiger partial charge is 0.495 e. The third-order valence-electron chi connectivity index (χ3n) is 2.66. The Bertz CT molecular complexity index is 586. The monoisotopic (exact) mass is 380 g/mol. The van der Waals surface area contributed by atoms with Crippen molar-refractivity contribution < 1.29 is 9.47 Å². The fraction of sp³-hybridized carbons (Fsp3) is 0.231. The van der Waals surface area contributed by atoms with E-state index in [0.29, 0.717) is 16.5 Å². The van der Waals surface area contributed by atoms with Crippen molar-refractivity contribution in [3.05, 3.63) is 44.1 Å². The molecule has 0 spiro atoms. The average molecular weight is 382 g/mol. The Balaban J connectivity index is 2.51. The number of alkyl halides is 1. The minimum absolute atomic E-state index is 0.0710. The predicted octanol–water partition coefficient (Wildman–Crippen LogP) is 5.56. The quantitative estimate of drug-likeness (QED) is 0.645. The van der Waals surface area contributed by atoms with E-state index in [9.17, 15) is 0 Å². The average Bonchev–Trinajstić information content (AvgIpc) is 2.83. The molecule has 0 bridgehead atoms. The van der Waals surface area contributed by atoms with Gasteiger partial charge < -0.3 is 9.47 Å². The Labute approximate surface area is 134 Å². The highest BCUT2D eigenvalue weighted by molar-refractivity contribution is 9.09. The maximum Gasteiger partial charge on any atom is 0.145 e. The van der Waals surface area contributed by atoms with Crippen LogP contribution in [0.1, 0.15) is 15.3 Å². The molecular formula is C13H11BrCl2O2S. The molecule has 1 unspecified atom stereocenters. The van der Waals surface area contributed by atoms with Gasteiger partial charge in [0.1, 0.15) is 16.5 Å². The number of thiophene rings is 1. The molecule has 19 heavy (non-hydrogen) atoms. The van der Waals surface area contributed by atoms with Crippen LogP contribution in [0.15, 0.2) is 23.6 Å². The molecule has 0 saturated heterocycles. The Kier molecular flexibility index (Phi) is 5.01. The van der Waals surface area contributed by atoms with Crippen LogP contribution in [0, 0.1) is 0 Å². The van der Waals surface area contributed by atoms with Gasteiger partial charge in [0.05, 0.1) is 24.1 Å². The van der Waals surface area contributed by atoms with Gasteiger partial charge in [-0.2, -0.15) is 0 Å². The molecule has 0 aliphatic carbocycles. The summed E-state index contributed by atoms with van der Waals surface area (Å²) in [6.45, 7) is 0. The summed E-state index contributed by atoms with van der Waals surface area (Å²) in [5.41, 5.74) is 0.914. The van der Waals surface area contributed by atoms with Crippen LogP contribution in [0.5, 0.6) is 11.5 Å². The van der Waals surface area contributed by atoms with Gasteiger partial charge in [0.15, 0.2) is 0 Å². The molecule has 0 N–H and O–H groups in total. The third-order valence-corrected chi connectivity index (χ3v) is 5.70. The molecule has 0 amide bonds. The molecule has 1 atom stereocenters. The first kappa shape index (κ1) is 15.0. The number of hydrogen-bond donors (Lipinski definition) is 0. The van der Waals surface area contributed by atoms with E-state index in [4.69, 9.17) is 32.7 Å². The number of rotatable bonds is 4. The molecule has 0 aliphatic rings. The van der Waals surface area contributed by atoms with E-state index in [1.54, 1.807) is 25.6 Å². The van der Waals surface area contributed by atoms with E-state index < -0.39 is 0 Å². The summed E-state index contributed by atoms with van der Waals surface area (Å²) in [7, 11) is 3.15. The molecule has 1 heterocycles.